The number of hydrogen-bond acceptors (Lipinski definition) is 5. The minimum Gasteiger partial charge on any atom is -0.496 e. The van der Waals surface area contributed by atoms with Gasteiger partial charge in [-0.05, 0) is 51.3 Å². The van der Waals surface area contributed by atoms with Crippen molar-refractivity contribution in [3.05, 3.63) is 47.7 Å². The zero-order chi connectivity index (χ0) is 20.8. The van der Waals surface area contributed by atoms with E-state index in [4.69, 9.17) is 9.15 Å². The highest BCUT2D eigenvalue weighted by molar-refractivity contribution is 5.78. The lowest BCUT2D eigenvalue weighted by Crippen LogP contribution is -2.44. The number of para-hydroxylation sites is 1. The van der Waals surface area contributed by atoms with Crippen LogP contribution in [0.4, 0.5) is 0 Å². The molecule has 0 aliphatic carbocycles. The predicted octanol–water partition coefficient (Wildman–Crippen LogP) is 4.20. The molecular formula is C24H33N3O3. The maximum absolute atomic E-state index is 13.1. The number of aromatic nitrogens is 1. The molecule has 1 aromatic heterocycles. The first kappa shape index (κ1) is 20.9. The van der Waals surface area contributed by atoms with Gasteiger partial charge in [0.15, 0.2) is 0 Å². The fourth-order valence-corrected chi connectivity index (χ4v) is 4.66. The van der Waals surface area contributed by atoms with Crippen molar-refractivity contribution in [2.24, 2.45) is 0 Å². The molecule has 3 heterocycles. The summed E-state index contributed by atoms with van der Waals surface area (Å²) in [5.74, 6) is 2.54. The molecule has 2 saturated heterocycles. The molecule has 6 nitrogen and oxygen atoms in total. The van der Waals surface area contributed by atoms with Gasteiger partial charge in [-0.25, -0.2) is 4.98 Å². The van der Waals surface area contributed by atoms with Crippen molar-refractivity contribution in [1.29, 1.82) is 0 Å². The number of methoxy groups -OCH3 is 1. The fourth-order valence-electron chi connectivity index (χ4n) is 4.66. The quantitative estimate of drug-likeness (QED) is 0.713. The number of carbonyl (C=O) groups excluding carboxylic acids is 1. The molecule has 0 saturated carbocycles. The highest BCUT2D eigenvalue weighted by Gasteiger charge is 2.32. The lowest BCUT2D eigenvalue weighted by atomic mass is 10.0. The van der Waals surface area contributed by atoms with Crippen LogP contribution in [0.25, 0.3) is 0 Å². The molecule has 1 atom stereocenters. The van der Waals surface area contributed by atoms with Crippen LogP contribution in [0.5, 0.6) is 5.75 Å². The summed E-state index contributed by atoms with van der Waals surface area (Å²) in [5.41, 5.74) is 1.07. The minimum absolute atomic E-state index is 0.0513. The lowest BCUT2D eigenvalue weighted by Gasteiger charge is -2.35. The number of piperidine rings is 1. The van der Waals surface area contributed by atoms with Crippen LogP contribution < -0.4 is 4.74 Å². The zero-order valence-corrected chi connectivity index (χ0v) is 18.0. The molecule has 6 heteroatoms. The van der Waals surface area contributed by atoms with Crippen LogP contribution in [-0.2, 0) is 11.2 Å². The fraction of sp³-hybridized carbons (Fsp3) is 0.583. The molecule has 0 unspecified atom stereocenters. The Labute approximate surface area is 179 Å². The summed E-state index contributed by atoms with van der Waals surface area (Å²) in [7, 11) is 1.68. The summed E-state index contributed by atoms with van der Waals surface area (Å²) in [6, 6.07) is 7.91. The van der Waals surface area contributed by atoms with Crippen LogP contribution in [0, 0.1) is 0 Å². The van der Waals surface area contributed by atoms with Crippen LogP contribution in [0.2, 0.25) is 0 Å². The van der Waals surface area contributed by atoms with Crippen molar-refractivity contribution in [3.8, 4) is 5.75 Å². The van der Waals surface area contributed by atoms with E-state index >= 15 is 0 Å². The number of hydrogen-bond donors (Lipinski definition) is 0. The summed E-state index contributed by atoms with van der Waals surface area (Å²) < 4.78 is 11.6. The first-order valence-corrected chi connectivity index (χ1v) is 11.3. The molecule has 0 spiro atoms. The normalized spacial score (nSPS) is 20.7. The molecule has 0 N–H and O–H groups in total. The lowest BCUT2D eigenvalue weighted by molar-refractivity contribution is -0.136. The topological polar surface area (TPSA) is 58.8 Å². The van der Waals surface area contributed by atoms with Crippen LogP contribution in [0.1, 0.15) is 68.2 Å². The standard InChI is InChI=1S/C24H33N3O3/c1-29-22-12-5-4-10-19(22)16-20-17-25-24(30-20)21-11-6-9-15-27(21)23(28)18-26-13-7-2-3-8-14-26/h4-5,10,12,17,21H,2-3,6-9,11,13-16,18H2,1H3/t21-/m0/s1. The van der Waals surface area contributed by atoms with E-state index in [-0.39, 0.29) is 11.9 Å². The summed E-state index contributed by atoms with van der Waals surface area (Å²) in [5, 5.41) is 0. The Kier molecular flexibility index (Phi) is 7.05. The molecule has 2 fully saturated rings. The van der Waals surface area contributed by atoms with E-state index in [1.165, 1.54) is 25.7 Å². The number of nitrogens with zero attached hydrogens (tertiary/aromatic N) is 3. The van der Waals surface area contributed by atoms with Gasteiger partial charge in [0, 0.05) is 18.5 Å². The minimum atomic E-state index is -0.0513. The second-order valence-corrected chi connectivity index (χ2v) is 8.44. The van der Waals surface area contributed by atoms with Gasteiger partial charge in [0.05, 0.1) is 19.9 Å². The first-order chi connectivity index (χ1) is 14.7. The Morgan fingerprint density at radius 3 is 2.67 bits per heavy atom. The first-order valence-electron chi connectivity index (χ1n) is 11.3. The van der Waals surface area contributed by atoms with Gasteiger partial charge < -0.3 is 14.1 Å². The molecule has 0 bridgehead atoms. The number of benzene rings is 1. The Morgan fingerprint density at radius 2 is 1.87 bits per heavy atom. The van der Waals surface area contributed by atoms with Crippen molar-refractivity contribution in [2.75, 3.05) is 33.3 Å². The van der Waals surface area contributed by atoms with Crippen LogP contribution >= 0.6 is 0 Å². The Hall–Kier alpha value is -2.34. The SMILES string of the molecule is COc1ccccc1Cc1cnc([C@@H]2CCCCN2C(=O)CN2CCCCCC2)o1. The van der Waals surface area contributed by atoms with Gasteiger partial charge in [-0.15, -0.1) is 0 Å². The van der Waals surface area contributed by atoms with Gasteiger partial charge in [0.1, 0.15) is 17.6 Å². The molecule has 30 heavy (non-hydrogen) atoms. The van der Waals surface area contributed by atoms with Crippen molar-refractivity contribution >= 4 is 5.91 Å². The molecular weight excluding hydrogens is 378 g/mol. The largest absolute Gasteiger partial charge is 0.496 e. The monoisotopic (exact) mass is 411 g/mol. The van der Waals surface area contributed by atoms with E-state index in [2.05, 4.69) is 9.88 Å². The summed E-state index contributed by atoms with van der Waals surface area (Å²) in [4.78, 5) is 22.0. The molecule has 0 radical (unpaired) electrons. The molecule has 4 rings (SSSR count). The molecule has 2 aliphatic heterocycles. The van der Waals surface area contributed by atoms with E-state index in [1.54, 1.807) is 13.3 Å². The van der Waals surface area contributed by atoms with E-state index in [0.717, 1.165) is 56.0 Å². The molecule has 1 aromatic carbocycles. The maximum atomic E-state index is 13.1. The van der Waals surface area contributed by atoms with Crippen molar-refractivity contribution < 1.29 is 13.9 Å². The second-order valence-electron chi connectivity index (χ2n) is 8.44. The number of likely N-dealkylation sites (tertiary alicyclic amines) is 2. The molecule has 2 aromatic rings. The van der Waals surface area contributed by atoms with E-state index < -0.39 is 0 Å². The van der Waals surface area contributed by atoms with Gasteiger partial charge in [0.25, 0.3) is 0 Å². The zero-order valence-electron chi connectivity index (χ0n) is 18.0. The molecule has 162 valence electrons. The van der Waals surface area contributed by atoms with Crippen LogP contribution in [-0.4, -0.2) is 54.0 Å². The summed E-state index contributed by atoms with van der Waals surface area (Å²) in [6.07, 6.45) is 10.5. The average Bonchev–Trinajstić information content (AvgIpc) is 3.09. The number of oxazole rings is 1. The smallest absolute Gasteiger partial charge is 0.237 e. The second kappa shape index (κ2) is 10.1. The van der Waals surface area contributed by atoms with Crippen LogP contribution in [0.3, 0.4) is 0 Å². The predicted molar refractivity (Wildman–Crippen MR) is 116 cm³/mol. The van der Waals surface area contributed by atoms with E-state index in [1.807, 2.05) is 29.2 Å². The average molecular weight is 412 g/mol. The van der Waals surface area contributed by atoms with Crippen molar-refractivity contribution in [3.63, 3.8) is 0 Å². The van der Waals surface area contributed by atoms with E-state index in [0.29, 0.717) is 18.9 Å². The highest BCUT2D eigenvalue weighted by Crippen LogP contribution is 2.32. The highest BCUT2D eigenvalue weighted by atomic mass is 16.5. The molecule has 1 amide bonds. The summed E-state index contributed by atoms with van der Waals surface area (Å²) in [6.45, 7) is 3.38. The Morgan fingerprint density at radius 1 is 1.10 bits per heavy atom. The number of amides is 1. The van der Waals surface area contributed by atoms with Crippen LogP contribution in [0.15, 0.2) is 34.9 Å². The molecule has 2 aliphatic rings. The Balaban J connectivity index is 1.44. The van der Waals surface area contributed by atoms with Gasteiger partial charge in [-0.1, -0.05) is 31.0 Å². The maximum Gasteiger partial charge on any atom is 0.237 e. The van der Waals surface area contributed by atoms with Crippen molar-refractivity contribution in [2.45, 2.75) is 57.4 Å². The van der Waals surface area contributed by atoms with Gasteiger partial charge in [-0.2, -0.15) is 0 Å². The third-order valence-corrected chi connectivity index (χ3v) is 6.29. The summed E-state index contributed by atoms with van der Waals surface area (Å²) >= 11 is 0. The van der Waals surface area contributed by atoms with E-state index in [9.17, 15) is 4.79 Å². The van der Waals surface area contributed by atoms with Gasteiger partial charge >= 0.3 is 0 Å². The van der Waals surface area contributed by atoms with Gasteiger partial charge in [-0.3, -0.25) is 9.69 Å². The third-order valence-electron chi connectivity index (χ3n) is 6.29. The number of carbonyl (C=O) groups is 1. The number of rotatable bonds is 6. The Bertz CT molecular complexity index is 827. The number of ether oxygens (including phenoxy) is 1. The van der Waals surface area contributed by atoms with Crippen molar-refractivity contribution in [1.82, 2.24) is 14.8 Å². The third kappa shape index (κ3) is 5.04. The van der Waals surface area contributed by atoms with Gasteiger partial charge in [0.2, 0.25) is 11.8 Å².